The highest BCUT2D eigenvalue weighted by atomic mass is 16.5. The largest absolute Gasteiger partial charge is 0.378 e. The maximum Gasteiger partial charge on any atom is 0.222 e. The third kappa shape index (κ3) is 5.91. The van der Waals surface area contributed by atoms with Crippen molar-refractivity contribution < 1.29 is 9.53 Å². The van der Waals surface area contributed by atoms with E-state index in [0.717, 1.165) is 44.7 Å². The van der Waals surface area contributed by atoms with Gasteiger partial charge in [-0.3, -0.25) is 4.79 Å². The molecule has 1 aliphatic carbocycles. The molecule has 0 aromatic carbocycles. The maximum atomic E-state index is 11.9. The molecule has 1 saturated carbocycles. The number of nitrogens with one attached hydrogen (secondary N) is 2. The second-order valence-electron chi connectivity index (χ2n) is 5.92. The molecule has 2 fully saturated rings. The van der Waals surface area contributed by atoms with Crippen LogP contribution >= 0.6 is 0 Å². The number of carbonyl (C=O) groups is 1. The van der Waals surface area contributed by atoms with Gasteiger partial charge in [0.15, 0.2) is 0 Å². The van der Waals surface area contributed by atoms with Crippen molar-refractivity contribution in [1.82, 2.24) is 10.6 Å². The first-order chi connectivity index (χ1) is 9.28. The van der Waals surface area contributed by atoms with Crippen LogP contribution in [0.15, 0.2) is 0 Å². The molecular weight excluding hydrogens is 240 g/mol. The summed E-state index contributed by atoms with van der Waals surface area (Å²) in [5.74, 6) is 1.03. The van der Waals surface area contributed by atoms with E-state index < -0.39 is 0 Å². The molecule has 1 atom stereocenters. The molecule has 0 aromatic heterocycles. The monoisotopic (exact) mass is 268 g/mol. The lowest BCUT2D eigenvalue weighted by molar-refractivity contribution is -0.123. The molecule has 2 aliphatic rings. The van der Waals surface area contributed by atoms with Gasteiger partial charge >= 0.3 is 0 Å². The normalized spacial score (nSPS) is 22.2. The van der Waals surface area contributed by atoms with Gasteiger partial charge in [0.25, 0.3) is 0 Å². The second kappa shape index (κ2) is 7.85. The van der Waals surface area contributed by atoms with Crippen molar-refractivity contribution in [1.29, 1.82) is 0 Å². The van der Waals surface area contributed by atoms with Gasteiger partial charge in [-0.1, -0.05) is 19.8 Å². The summed E-state index contributed by atoms with van der Waals surface area (Å²) in [5.41, 5.74) is 0. The van der Waals surface area contributed by atoms with Crippen LogP contribution in [0.25, 0.3) is 0 Å². The molecule has 110 valence electrons. The zero-order chi connectivity index (χ0) is 13.5. The number of hydrogen-bond acceptors (Lipinski definition) is 3. The standard InChI is InChI=1S/C15H28N2O2/c1-2-13(11-12-3-4-12)17-15(18)7-10-19-14-5-8-16-9-6-14/h12-14,16H,2-11H2,1H3,(H,17,18). The summed E-state index contributed by atoms with van der Waals surface area (Å²) in [5, 5.41) is 6.46. The molecule has 1 unspecified atom stereocenters. The lowest BCUT2D eigenvalue weighted by atomic mass is 10.1. The Morgan fingerprint density at radius 3 is 2.68 bits per heavy atom. The Bertz CT molecular complexity index is 273. The van der Waals surface area contributed by atoms with Crippen LogP contribution < -0.4 is 10.6 Å². The zero-order valence-corrected chi connectivity index (χ0v) is 12.1. The summed E-state index contributed by atoms with van der Waals surface area (Å²) in [6.45, 7) is 4.79. The molecule has 0 bridgehead atoms. The van der Waals surface area contributed by atoms with Crippen LogP contribution in [-0.2, 0) is 9.53 Å². The van der Waals surface area contributed by atoms with Crippen molar-refractivity contribution in [3.63, 3.8) is 0 Å². The van der Waals surface area contributed by atoms with E-state index in [1.54, 1.807) is 0 Å². The highest BCUT2D eigenvalue weighted by Gasteiger charge is 2.25. The number of piperidine rings is 1. The Kier molecular flexibility index (Phi) is 6.11. The summed E-state index contributed by atoms with van der Waals surface area (Å²) in [7, 11) is 0. The number of hydrogen-bond donors (Lipinski definition) is 2. The number of ether oxygens (including phenoxy) is 1. The Morgan fingerprint density at radius 1 is 1.32 bits per heavy atom. The van der Waals surface area contributed by atoms with E-state index in [-0.39, 0.29) is 5.91 Å². The fourth-order valence-electron chi connectivity index (χ4n) is 2.66. The fourth-order valence-corrected chi connectivity index (χ4v) is 2.66. The SMILES string of the molecule is CCC(CC1CC1)NC(=O)CCOC1CCNCC1. The van der Waals surface area contributed by atoms with Gasteiger partial charge in [-0.15, -0.1) is 0 Å². The van der Waals surface area contributed by atoms with Crippen molar-refractivity contribution in [2.24, 2.45) is 5.92 Å². The molecule has 4 heteroatoms. The first-order valence-electron chi connectivity index (χ1n) is 7.89. The lowest BCUT2D eigenvalue weighted by Gasteiger charge is -2.23. The minimum absolute atomic E-state index is 0.154. The molecule has 2 rings (SSSR count). The topological polar surface area (TPSA) is 50.4 Å². The molecule has 1 heterocycles. The van der Waals surface area contributed by atoms with Gasteiger partial charge in [-0.2, -0.15) is 0 Å². The van der Waals surface area contributed by atoms with Gasteiger partial charge in [-0.05, 0) is 44.7 Å². The van der Waals surface area contributed by atoms with E-state index in [4.69, 9.17) is 4.74 Å². The quantitative estimate of drug-likeness (QED) is 0.706. The second-order valence-corrected chi connectivity index (χ2v) is 5.92. The Hall–Kier alpha value is -0.610. The predicted molar refractivity (Wildman–Crippen MR) is 76.0 cm³/mol. The molecule has 4 nitrogen and oxygen atoms in total. The van der Waals surface area contributed by atoms with Crippen LogP contribution in [-0.4, -0.2) is 37.7 Å². The minimum atomic E-state index is 0.154. The predicted octanol–water partition coefficient (Wildman–Crippen LogP) is 1.84. The summed E-state index contributed by atoms with van der Waals surface area (Å²) < 4.78 is 5.76. The van der Waals surface area contributed by atoms with E-state index in [9.17, 15) is 4.79 Å². The maximum absolute atomic E-state index is 11.9. The Morgan fingerprint density at radius 2 is 2.05 bits per heavy atom. The smallest absolute Gasteiger partial charge is 0.222 e. The number of rotatable bonds is 8. The molecular formula is C15H28N2O2. The van der Waals surface area contributed by atoms with Gasteiger partial charge in [0, 0.05) is 12.5 Å². The van der Waals surface area contributed by atoms with Crippen molar-refractivity contribution in [2.75, 3.05) is 19.7 Å². The van der Waals surface area contributed by atoms with E-state index in [0.29, 0.717) is 25.2 Å². The van der Waals surface area contributed by atoms with Crippen LogP contribution in [0.3, 0.4) is 0 Å². The molecule has 19 heavy (non-hydrogen) atoms. The van der Waals surface area contributed by atoms with Crippen molar-refractivity contribution in [3.8, 4) is 0 Å². The van der Waals surface area contributed by atoms with E-state index >= 15 is 0 Å². The van der Waals surface area contributed by atoms with Crippen LogP contribution in [0.2, 0.25) is 0 Å². The van der Waals surface area contributed by atoms with E-state index in [2.05, 4.69) is 17.6 Å². The van der Waals surface area contributed by atoms with Crippen LogP contribution in [0.5, 0.6) is 0 Å². The first kappa shape index (κ1) is 14.8. The van der Waals surface area contributed by atoms with Gasteiger partial charge in [0.2, 0.25) is 5.91 Å². The summed E-state index contributed by atoms with van der Waals surface area (Å²) >= 11 is 0. The molecule has 0 spiro atoms. The van der Waals surface area contributed by atoms with Crippen LogP contribution in [0.1, 0.15) is 51.9 Å². The third-order valence-corrected chi connectivity index (χ3v) is 4.14. The van der Waals surface area contributed by atoms with Gasteiger partial charge in [0.05, 0.1) is 12.7 Å². The molecule has 1 saturated heterocycles. The molecule has 0 radical (unpaired) electrons. The molecule has 1 aliphatic heterocycles. The van der Waals surface area contributed by atoms with E-state index in [1.807, 2.05) is 0 Å². The minimum Gasteiger partial charge on any atom is -0.378 e. The van der Waals surface area contributed by atoms with Crippen molar-refractivity contribution in [2.45, 2.75) is 64.0 Å². The molecule has 0 aromatic rings. The summed E-state index contributed by atoms with van der Waals surface area (Å²) in [4.78, 5) is 11.9. The van der Waals surface area contributed by atoms with Gasteiger partial charge < -0.3 is 15.4 Å². The lowest BCUT2D eigenvalue weighted by Crippen LogP contribution is -2.36. The fraction of sp³-hybridized carbons (Fsp3) is 0.933. The average Bonchev–Trinajstić information content (AvgIpc) is 3.23. The van der Waals surface area contributed by atoms with E-state index in [1.165, 1.54) is 12.8 Å². The average molecular weight is 268 g/mol. The summed E-state index contributed by atoms with van der Waals surface area (Å²) in [6, 6.07) is 0.374. The highest BCUT2D eigenvalue weighted by molar-refractivity contribution is 5.76. The highest BCUT2D eigenvalue weighted by Crippen LogP contribution is 2.34. The number of carbonyl (C=O) groups excluding carboxylic acids is 1. The number of amides is 1. The first-order valence-corrected chi connectivity index (χ1v) is 7.89. The van der Waals surface area contributed by atoms with Gasteiger partial charge in [-0.25, -0.2) is 0 Å². The van der Waals surface area contributed by atoms with Crippen LogP contribution in [0.4, 0.5) is 0 Å². The molecule has 1 amide bonds. The Balaban J connectivity index is 1.54. The molecule has 2 N–H and O–H groups in total. The zero-order valence-electron chi connectivity index (χ0n) is 12.1. The van der Waals surface area contributed by atoms with Gasteiger partial charge in [0.1, 0.15) is 0 Å². The van der Waals surface area contributed by atoms with Crippen LogP contribution in [0, 0.1) is 5.92 Å². The van der Waals surface area contributed by atoms with Crippen molar-refractivity contribution >= 4 is 5.91 Å². The Labute approximate surface area is 116 Å². The van der Waals surface area contributed by atoms with Crippen molar-refractivity contribution in [3.05, 3.63) is 0 Å². The summed E-state index contributed by atoms with van der Waals surface area (Å²) in [6.07, 6.45) is 7.90. The third-order valence-electron chi connectivity index (χ3n) is 4.14.